The molecule has 1 aromatic carbocycles. The number of anilines is 1. The van der Waals surface area contributed by atoms with Crippen LogP contribution in [0.4, 0.5) is 5.13 Å². The molecule has 1 fully saturated rings. The van der Waals surface area contributed by atoms with Crippen molar-refractivity contribution in [3.8, 4) is 0 Å². The summed E-state index contributed by atoms with van der Waals surface area (Å²) in [7, 11) is 0. The molecule has 0 saturated carbocycles. The first kappa shape index (κ1) is 11.4. The summed E-state index contributed by atoms with van der Waals surface area (Å²) in [5.41, 5.74) is 1.06. The van der Waals surface area contributed by atoms with Gasteiger partial charge in [0, 0.05) is 23.5 Å². The lowest BCUT2D eigenvalue weighted by Gasteiger charge is -2.07. The Morgan fingerprint density at radius 2 is 2.47 bits per heavy atom. The lowest BCUT2D eigenvalue weighted by Crippen LogP contribution is -2.13. The van der Waals surface area contributed by atoms with Gasteiger partial charge in [-0.2, -0.15) is 0 Å². The van der Waals surface area contributed by atoms with Gasteiger partial charge in [-0.3, -0.25) is 0 Å². The summed E-state index contributed by atoms with van der Waals surface area (Å²) in [4.78, 5) is 4.56. The van der Waals surface area contributed by atoms with Gasteiger partial charge in [0.2, 0.25) is 0 Å². The zero-order chi connectivity index (χ0) is 11.7. The Morgan fingerprint density at radius 3 is 3.29 bits per heavy atom. The van der Waals surface area contributed by atoms with Crippen LogP contribution in [0.25, 0.3) is 10.2 Å². The molecule has 1 aliphatic rings. The fourth-order valence-corrected chi connectivity index (χ4v) is 3.37. The lowest BCUT2D eigenvalue weighted by atomic mass is 10.1. The molecule has 0 amide bonds. The van der Waals surface area contributed by atoms with Crippen molar-refractivity contribution in [2.24, 2.45) is 5.92 Å². The van der Waals surface area contributed by atoms with E-state index < -0.39 is 0 Å². The Kier molecular flexibility index (Phi) is 3.31. The molecule has 1 N–H and O–H groups in total. The Morgan fingerprint density at radius 1 is 1.53 bits per heavy atom. The second kappa shape index (κ2) is 4.92. The van der Waals surface area contributed by atoms with Crippen LogP contribution in [-0.2, 0) is 4.74 Å². The van der Waals surface area contributed by atoms with E-state index in [1.165, 1.54) is 4.70 Å². The number of thiazole rings is 1. The summed E-state index contributed by atoms with van der Waals surface area (Å²) >= 11 is 5.18. The molecule has 1 aromatic heterocycles. The summed E-state index contributed by atoms with van der Waals surface area (Å²) in [6.45, 7) is 2.74. The molecule has 1 saturated heterocycles. The van der Waals surface area contributed by atoms with Gasteiger partial charge in [0.15, 0.2) is 5.13 Å². The maximum absolute atomic E-state index is 5.36. The third kappa shape index (κ3) is 2.61. The van der Waals surface area contributed by atoms with Gasteiger partial charge in [-0.15, -0.1) is 0 Å². The standard InChI is InChI=1S/C12H13BrN2OS/c13-9-1-2-10-11(5-9)17-12(15-10)14-6-8-3-4-16-7-8/h1-2,5,8H,3-4,6-7H2,(H,14,15). The van der Waals surface area contributed by atoms with Crippen LogP contribution in [0.5, 0.6) is 0 Å². The normalized spacial score (nSPS) is 19.9. The number of hydrogen-bond donors (Lipinski definition) is 1. The highest BCUT2D eigenvalue weighted by atomic mass is 79.9. The van der Waals surface area contributed by atoms with Gasteiger partial charge in [-0.25, -0.2) is 4.98 Å². The minimum absolute atomic E-state index is 0.633. The van der Waals surface area contributed by atoms with Crippen LogP contribution in [-0.4, -0.2) is 24.7 Å². The van der Waals surface area contributed by atoms with E-state index in [4.69, 9.17) is 4.74 Å². The zero-order valence-corrected chi connectivity index (χ0v) is 11.7. The number of nitrogens with one attached hydrogen (secondary N) is 1. The first-order valence-corrected chi connectivity index (χ1v) is 7.30. The van der Waals surface area contributed by atoms with Crippen molar-refractivity contribution in [3.63, 3.8) is 0 Å². The van der Waals surface area contributed by atoms with Crippen molar-refractivity contribution in [2.45, 2.75) is 6.42 Å². The first-order chi connectivity index (χ1) is 8.31. The zero-order valence-electron chi connectivity index (χ0n) is 9.28. The van der Waals surface area contributed by atoms with Crippen LogP contribution in [0.3, 0.4) is 0 Å². The number of nitrogens with zero attached hydrogens (tertiary/aromatic N) is 1. The predicted molar refractivity (Wildman–Crippen MR) is 74.7 cm³/mol. The molecule has 90 valence electrons. The third-order valence-corrected chi connectivity index (χ3v) is 4.39. The van der Waals surface area contributed by atoms with Gasteiger partial charge in [-0.1, -0.05) is 27.3 Å². The molecular weight excluding hydrogens is 300 g/mol. The molecule has 2 heterocycles. The van der Waals surface area contributed by atoms with Crippen LogP contribution in [0.15, 0.2) is 22.7 Å². The number of rotatable bonds is 3. The average Bonchev–Trinajstić information content (AvgIpc) is 2.94. The molecule has 1 unspecified atom stereocenters. The summed E-state index contributed by atoms with van der Waals surface area (Å²) in [5, 5.41) is 4.41. The van der Waals surface area contributed by atoms with Crippen LogP contribution < -0.4 is 5.32 Å². The van der Waals surface area contributed by atoms with Gasteiger partial charge >= 0.3 is 0 Å². The number of benzene rings is 1. The number of aromatic nitrogens is 1. The molecule has 0 spiro atoms. The lowest BCUT2D eigenvalue weighted by molar-refractivity contribution is 0.187. The molecule has 3 rings (SSSR count). The number of fused-ring (bicyclic) bond motifs is 1. The molecule has 3 nitrogen and oxygen atoms in total. The van der Waals surface area contributed by atoms with E-state index >= 15 is 0 Å². The number of halogens is 1. The predicted octanol–water partition coefficient (Wildman–Crippen LogP) is 3.51. The number of hydrogen-bond acceptors (Lipinski definition) is 4. The summed E-state index contributed by atoms with van der Waals surface area (Å²) in [6.07, 6.45) is 1.16. The molecule has 0 radical (unpaired) electrons. The van der Waals surface area contributed by atoms with Gasteiger partial charge in [0.25, 0.3) is 0 Å². The highest BCUT2D eigenvalue weighted by Gasteiger charge is 2.15. The Hall–Kier alpha value is -0.650. The molecule has 0 bridgehead atoms. The monoisotopic (exact) mass is 312 g/mol. The summed E-state index contributed by atoms with van der Waals surface area (Å²) < 4.78 is 7.67. The van der Waals surface area contributed by atoms with Crippen LogP contribution in [0.1, 0.15) is 6.42 Å². The van der Waals surface area contributed by atoms with Crippen LogP contribution >= 0.6 is 27.3 Å². The minimum atomic E-state index is 0.633. The van der Waals surface area contributed by atoms with Crippen molar-refractivity contribution in [3.05, 3.63) is 22.7 Å². The maximum Gasteiger partial charge on any atom is 0.183 e. The fourth-order valence-electron chi connectivity index (χ4n) is 1.95. The third-order valence-electron chi connectivity index (χ3n) is 2.92. The first-order valence-electron chi connectivity index (χ1n) is 5.69. The van der Waals surface area contributed by atoms with E-state index in [1.54, 1.807) is 11.3 Å². The van der Waals surface area contributed by atoms with Crippen molar-refractivity contribution in [1.29, 1.82) is 0 Å². The molecule has 5 heteroatoms. The second-order valence-corrected chi connectivity index (χ2v) is 6.19. The second-order valence-electron chi connectivity index (χ2n) is 4.24. The Balaban J connectivity index is 1.72. The van der Waals surface area contributed by atoms with E-state index in [0.717, 1.165) is 41.3 Å². The highest BCUT2D eigenvalue weighted by Crippen LogP contribution is 2.28. The topological polar surface area (TPSA) is 34.2 Å². The summed E-state index contributed by atoms with van der Waals surface area (Å²) in [6, 6.07) is 6.17. The van der Waals surface area contributed by atoms with E-state index in [1.807, 2.05) is 12.1 Å². The van der Waals surface area contributed by atoms with E-state index in [0.29, 0.717) is 5.92 Å². The molecular formula is C12H13BrN2OS. The molecule has 2 aromatic rings. The fraction of sp³-hybridized carbons (Fsp3) is 0.417. The average molecular weight is 313 g/mol. The highest BCUT2D eigenvalue weighted by molar-refractivity contribution is 9.10. The van der Waals surface area contributed by atoms with Crippen molar-refractivity contribution in [1.82, 2.24) is 4.98 Å². The quantitative estimate of drug-likeness (QED) is 0.941. The Labute approximate surface area is 112 Å². The Bertz CT molecular complexity index is 522. The molecule has 17 heavy (non-hydrogen) atoms. The molecule has 0 aliphatic carbocycles. The van der Waals surface area contributed by atoms with E-state index in [9.17, 15) is 0 Å². The SMILES string of the molecule is Brc1ccc2nc(NCC3CCOC3)sc2c1. The largest absolute Gasteiger partial charge is 0.381 e. The van der Waals surface area contributed by atoms with Crippen LogP contribution in [0, 0.1) is 5.92 Å². The van der Waals surface area contributed by atoms with Gasteiger partial charge < -0.3 is 10.1 Å². The van der Waals surface area contributed by atoms with Gasteiger partial charge in [-0.05, 0) is 24.6 Å². The van der Waals surface area contributed by atoms with E-state index in [-0.39, 0.29) is 0 Å². The van der Waals surface area contributed by atoms with Crippen molar-refractivity contribution < 1.29 is 4.74 Å². The smallest absolute Gasteiger partial charge is 0.183 e. The minimum Gasteiger partial charge on any atom is -0.381 e. The molecule has 1 atom stereocenters. The van der Waals surface area contributed by atoms with Crippen LogP contribution in [0.2, 0.25) is 0 Å². The van der Waals surface area contributed by atoms with Crippen molar-refractivity contribution in [2.75, 3.05) is 25.1 Å². The van der Waals surface area contributed by atoms with Gasteiger partial charge in [0.1, 0.15) is 0 Å². The summed E-state index contributed by atoms with van der Waals surface area (Å²) in [5.74, 6) is 0.633. The number of ether oxygens (including phenoxy) is 1. The van der Waals surface area contributed by atoms with Gasteiger partial charge in [0.05, 0.1) is 16.8 Å². The van der Waals surface area contributed by atoms with E-state index in [2.05, 4.69) is 32.3 Å². The molecule has 1 aliphatic heterocycles. The van der Waals surface area contributed by atoms with Crippen molar-refractivity contribution >= 4 is 42.6 Å². The maximum atomic E-state index is 5.36.